The van der Waals surface area contributed by atoms with Gasteiger partial charge in [0.1, 0.15) is 17.9 Å². The Hall–Kier alpha value is -1.99. The van der Waals surface area contributed by atoms with E-state index in [-0.39, 0.29) is 18.1 Å². The van der Waals surface area contributed by atoms with E-state index in [0.717, 1.165) is 43.5 Å². The molecule has 0 bridgehead atoms. The van der Waals surface area contributed by atoms with Crippen LogP contribution in [0.5, 0.6) is 5.75 Å². The maximum Gasteiger partial charge on any atom is 0.323 e. The Morgan fingerprint density at radius 2 is 1.96 bits per heavy atom. The summed E-state index contributed by atoms with van der Waals surface area (Å²) in [6.07, 6.45) is 11.4. The maximum absolute atomic E-state index is 12.4. The van der Waals surface area contributed by atoms with Gasteiger partial charge in [0.25, 0.3) is 0 Å². The second-order valence-corrected chi connectivity index (χ2v) is 7.35. The van der Waals surface area contributed by atoms with Crippen molar-refractivity contribution in [1.29, 1.82) is 0 Å². The Labute approximate surface area is 157 Å². The molecule has 0 heterocycles. The van der Waals surface area contributed by atoms with Gasteiger partial charge in [-0.1, -0.05) is 19.8 Å². The molecule has 0 radical (unpaired) electrons. The number of ether oxygens (including phenoxy) is 2. The minimum atomic E-state index is -0.231. The van der Waals surface area contributed by atoms with Crippen molar-refractivity contribution in [2.45, 2.75) is 64.5 Å². The Kier molecular flexibility index (Phi) is 8.50. The van der Waals surface area contributed by atoms with Crippen LogP contribution < -0.4 is 10.1 Å². The number of carbonyl (C=O) groups is 1. The number of benzene rings is 1. The largest absolute Gasteiger partial charge is 0.494 e. The fourth-order valence-electron chi connectivity index (χ4n) is 3.17. The van der Waals surface area contributed by atoms with E-state index in [1.165, 1.54) is 12.8 Å². The lowest BCUT2D eigenvalue weighted by molar-refractivity contribution is -0.151. The van der Waals surface area contributed by atoms with Gasteiger partial charge in [-0.05, 0) is 75.3 Å². The molecule has 1 unspecified atom stereocenters. The molecule has 1 atom stereocenters. The number of hydrogen-bond acceptors (Lipinski definition) is 4. The molecule has 0 amide bonds. The van der Waals surface area contributed by atoms with Crippen LogP contribution >= 0.6 is 0 Å². The average molecular weight is 357 g/mol. The summed E-state index contributed by atoms with van der Waals surface area (Å²) in [5.74, 6) is 3.73. The first-order valence-electron chi connectivity index (χ1n) is 9.72. The molecule has 1 aromatic carbocycles. The number of terminal acetylenes is 1. The van der Waals surface area contributed by atoms with Gasteiger partial charge in [-0.2, -0.15) is 0 Å². The maximum atomic E-state index is 12.4. The number of hydrogen-bond donors (Lipinski definition) is 1. The third-order valence-corrected chi connectivity index (χ3v) is 4.58. The Bertz CT molecular complexity index is 582. The summed E-state index contributed by atoms with van der Waals surface area (Å²) in [6, 6.07) is 7.26. The second kappa shape index (κ2) is 10.9. The van der Waals surface area contributed by atoms with Crippen LogP contribution in [-0.4, -0.2) is 31.3 Å². The summed E-state index contributed by atoms with van der Waals surface area (Å²) in [5, 5.41) is 3.35. The number of nitrogens with one attached hydrogen (secondary N) is 1. The minimum absolute atomic E-state index is 0.101. The molecule has 0 aromatic heterocycles. The van der Waals surface area contributed by atoms with Crippen molar-refractivity contribution in [2.24, 2.45) is 5.92 Å². The van der Waals surface area contributed by atoms with Crippen molar-refractivity contribution in [3.05, 3.63) is 29.8 Å². The molecule has 1 aliphatic rings. The molecule has 0 aliphatic heterocycles. The molecule has 1 fully saturated rings. The number of esters is 1. The van der Waals surface area contributed by atoms with E-state index in [1.807, 2.05) is 24.3 Å². The first kappa shape index (κ1) is 20.3. The average Bonchev–Trinajstić information content (AvgIpc) is 3.13. The minimum Gasteiger partial charge on any atom is -0.494 e. The molecule has 142 valence electrons. The summed E-state index contributed by atoms with van der Waals surface area (Å²) in [6.45, 7) is 5.56. The molecule has 0 spiro atoms. The van der Waals surface area contributed by atoms with E-state index in [1.54, 1.807) is 0 Å². The van der Waals surface area contributed by atoms with Crippen LogP contribution in [0.25, 0.3) is 0 Å². The number of carbonyl (C=O) groups excluding carboxylic acids is 1. The smallest absolute Gasteiger partial charge is 0.323 e. The van der Waals surface area contributed by atoms with Crippen molar-refractivity contribution in [1.82, 2.24) is 5.32 Å². The van der Waals surface area contributed by atoms with E-state index in [4.69, 9.17) is 15.9 Å². The van der Waals surface area contributed by atoms with Crippen molar-refractivity contribution in [3.63, 3.8) is 0 Å². The summed E-state index contributed by atoms with van der Waals surface area (Å²) in [5.41, 5.74) is 0.844. The predicted molar refractivity (Wildman–Crippen MR) is 104 cm³/mol. The van der Waals surface area contributed by atoms with E-state index in [9.17, 15) is 4.79 Å². The Morgan fingerprint density at radius 1 is 1.27 bits per heavy atom. The van der Waals surface area contributed by atoms with Gasteiger partial charge in [0.15, 0.2) is 0 Å². The lowest BCUT2D eigenvalue weighted by atomic mass is 10.0. The Balaban J connectivity index is 1.70. The standard InChI is InChI=1S/C22H31NO3/c1-4-18-10-12-19(13-11-18)25-15-7-14-23-21(16-17(2)3)22(24)26-20-8-5-6-9-20/h1,10-13,17,20-21,23H,5-9,14-16H2,2-3H3. The highest BCUT2D eigenvalue weighted by Gasteiger charge is 2.25. The highest BCUT2D eigenvalue weighted by atomic mass is 16.5. The van der Waals surface area contributed by atoms with E-state index in [0.29, 0.717) is 12.5 Å². The summed E-state index contributed by atoms with van der Waals surface area (Å²) in [4.78, 5) is 12.4. The summed E-state index contributed by atoms with van der Waals surface area (Å²) < 4.78 is 11.4. The van der Waals surface area contributed by atoms with Crippen LogP contribution in [0.3, 0.4) is 0 Å². The zero-order valence-corrected chi connectivity index (χ0v) is 16.0. The third-order valence-electron chi connectivity index (χ3n) is 4.58. The van der Waals surface area contributed by atoms with Crippen LogP contribution in [0.2, 0.25) is 0 Å². The van der Waals surface area contributed by atoms with E-state index in [2.05, 4.69) is 25.1 Å². The summed E-state index contributed by atoms with van der Waals surface area (Å²) in [7, 11) is 0. The van der Waals surface area contributed by atoms with Gasteiger partial charge < -0.3 is 14.8 Å². The fraction of sp³-hybridized carbons (Fsp3) is 0.591. The van der Waals surface area contributed by atoms with Crippen LogP contribution in [-0.2, 0) is 9.53 Å². The van der Waals surface area contributed by atoms with Crippen molar-refractivity contribution in [3.8, 4) is 18.1 Å². The highest BCUT2D eigenvalue weighted by Crippen LogP contribution is 2.22. The molecule has 2 rings (SSSR count). The van der Waals surface area contributed by atoms with Gasteiger partial charge in [-0.15, -0.1) is 6.42 Å². The molecular weight excluding hydrogens is 326 g/mol. The van der Waals surface area contributed by atoms with Gasteiger partial charge in [0, 0.05) is 5.56 Å². The molecule has 4 nitrogen and oxygen atoms in total. The SMILES string of the molecule is C#Cc1ccc(OCCCNC(CC(C)C)C(=O)OC2CCCC2)cc1. The molecular formula is C22H31NO3. The summed E-state index contributed by atoms with van der Waals surface area (Å²) >= 11 is 0. The molecule has 0 saturated heterocycles. The first-order valence-corrected chi connectivity index (χ1v) is 9.72. The Morgan fingerprint density at radius 3 is 2.58 bits per heavy atom. The van der Waals surface area contributed by atoms with E-state index >= 15 is 0 Å². The quantitative estimate of drug-likeness (QED) is 0.392. The van der Waals surface area contributed by atoms with E-state index < -0.39 is 0 Å². The van der Waals surface area contributed by atoms with Crippen LogP contribution in [0.15, 0.2) is 24.3 Å². The third kappa shape index (κ3) is 7.09. The fourth-order valence-corrected chi connectivity index (χ4v) is 3.17. The molecule has 1 aliphatic carbocycles. The van der Waals surface area contributed by atoms with Crippen molar-refractivity contribution >= 4 is 5.97 Å². The first-order chi connectivity index (χ1) is 12.6. The van der Waals surface area contributed by atoms with Gasteiger partial charge in [0.2, 0.25) is 0 Å². The van der Waals surface area contributed by atoms with Crippen LogP contribution in [0.4, 0.5) is 0 Å². The second-order valence-electron chi connectivity index (χ2n) is 7.35. The van der Waals surface area contributed by atoms with Gasteiger partial charge >= 0.3 is 5.97 Å². The normalized spacial score (nSPS) is 15.6. The number of rotatable bonds is 10. The lowest BCUT2D eigenvalue weighted by Gasteiger charge is -2.21. The predicted octanol–water partition coefficient (Wildman–Crippen LogP) is 3.93. The molecule has 1 aromatic rings. The van der Waals surface area contributed by atoms with Gasteiger partial charge in [-0.25, -0.2) is 0 Å². The van der Waals surface area contributed by atoms with Gasteiger partial charge in [-0.3, -0.25) is 4.79 Å². The molecule has 1 saturated carbocycles. The zero-order valence-electron chi connectivity index (χ0n) is 16.0. The molecule has 4 heteroatoms. The zero-order chi connectivity index (χ0) is 18.8. The lowest BCUT2D eigenvalue weighted by Crippen LogP contribution is -2.41. The van der Waals surface area contributed by atoms with Crippen LogP contribution in [0, 0.1) is 18.3 Å². The molecule has 26 heavy (non-hydrogen) atoms. The highest BCUT2D eigenvalue weighted by molar-refractivity contribution is 5.76. The monoisotopic (exact) mass is 357 g/mol. The topological polar surface area (TPSA) is 47.6 Å². The van der Waals surface area contributed by atoms with Crippen LogP contribution in [0.1, 0.15) is 57.9 Å². The molecule has 1 N–H and O–H groups in total. The van der Waals surface area contributed by atoms with Crippen molar-refractivity contribution < 1.29 is 14.3 Å². The van der Waals surface area contributed by atoms with Gasteiger partial charge in [0.05, 0.1) is 6.61 Å². The van der Waals surface area contributed by atoms with Crippen molar-refractivity contribution in [2.75, 3.05) is 13.2 Å².